The van der Waals surface area contributed by atoms with Crippen LogP contribution in [0.4, 0.5) is 11.8 Å². The maximum atomic E-state index is 5.39. The quantitative estimate of drug-likeness (QED) is 0.917. The Morgan fingerprint density at radius 3 is 2.68 bits per heavy atom. The molecule has 1 aliphatic heterocycles. The van der Waals surface area contributed by atoms with Gasteiger partial charge in [0, 0.05) is 31.4 Å². The number of nitrogens with zero attached hydrogens (tertiary/aromatic N) is 3. The van der Waals surface area contributed by atoms with Crippen LogP contribution in [-0.4, -0.2) is 42.8 Å². The van der Waals surface area contributed by atoms with E-state index in [9.17, 15) is 0 Å². The summed E-state index contributed by atoms with van der Waals surface area (Å²) < 4.78 is 5.39. The zero-order valence-corrected chi connectivity index (χ0v) is 13.0. The number of morpholine rings is 1. The van der Waals surface area contributed by atoms with Crippen molar-refractivity contribution in [2.24, 2.45) is 0 Å². The zero-order chi connectivity index (χ0) is 15.2. The third-order valence-electron chi connectivity index (χ3n) is 3.72. The SMILES string of the molecule is Cc1cc(N2CCOCC2)nc(NCCc2ccccc2)n1. The fourth-order valence-corrected chi connectivity index (χ4v) is 2.55. The first-order chi connectivity index (χ1) is 10.8. The second-order valence-electron chi connectivity index (χ2n) is 5.45. The molecule has 0 radical (unpaired) electrons. The lowest BCUT2D eigenvalue weighted by molar-refractivity contribution is 0.122. The number of rotatable bonds is 5. The average Bonchev–Trinajstić information content (AvgIpc) is 2.56. The Hall–Kier alpha value is -2.14. The van der Waals surface area contributed by atoms with E-state index in [2.05, 4.69) is 44.5 Å². The van der Waals surface area contributed by atoms with E-state index < -0.39 is 0 Å². The summed E-state index contributed by atoms with van der Waals surface area (Å²) in [5.41, 5.74) is 2.30. The molecule has 2 aromatic rings. The van der Waals surface area contributed by atoms with Crippen LogP contribution in [0, 0.1) is 6.92 Å². The first-order valence-electron chi connectivity index (χ1n) is 7.77. The van der Waals surface area contributed by atoms with Crippen LogP contribution in [0.1, 0.15) is 11.3 Å². The van der Waals surface area contributed by atoms with Gasteiger partial charge in [-0.3, -0.25) is 0 Å². The number of ether oxygens (including phenoxy) is 1. The Morgan fingerprint density at radius 2 is 1.91 bits per heavy atom. The topological polar surface area (TPSA) is 50.3 Å². The van der Waals surface area contributed by atoms with E-state index in [1.165, 1.54) is 5.56 Å². The molecule has 0 spiro atoms. The molecule has 3 rings (SSSR count). The summed E-state index contributed by atoms with van der Waals surface area (Å²) in [4.78, 5) is 11.4. The molecule has 0 unspecified atom stereocenters. The van der Waals surface area contributed by atoms with Gasteiger partial charge in [0.2, 0.25) is 5.95 Å². The van der Waals surface area contributed by atoms with E-state index in [0.29, 0.717) is 5.95 Å². The average molecular weight is 298 g/mol. The summed E-state index contributed by atoms with van der Waals surface area (Å²) in [5, 5.41) is 3.33. The molecule has 1 aromatic heterocycles. The number of anilines is 2. The molecular weight excluding hydrogens is 276 g/mol. The Labute approximate surface area is 131 Å². The van der Waals surface area contributed by atoms with Gasteiger partial charge in [-0.05, 0) is 18.9 Å². The van der Waals surface area contributed by atoms with Gasteiger partial charge >= 0.3 is 0 Å². The molecule has 0 bridgehead atoms. The van der Waals surface area contributed by atoms with E-state index in [1.807, 2.05) is 19.1 Å². The van der Waals surface area contributed by atoms with Gasteiger partial charge in [-0.15, -0.1) is 0 Å². The summed E-state index contributed by atoms with van der Waals surface area (Å²) in [7, 11) is 0. The molecule has 116 valence electrons. The molecule has 1 fully saturated rings. The third kappa shape index (κ3) is 3.95. The van der Waals surface area contributed by atoms with Crippen LogP contribution in [0.2, 0.25) is 0 Å². The van der Waals surface area contributed by atoms with Crippen LogP contribution in [0.15, 0.2) is 36.4 Å². The largest absolute Gasteiger partial charge is 0.378 e. The van der Waals surface area contributed by atoms with Crippen LogP contribution in [0.3, 0.4) is 0 Å². The van der Waals surface area contributed by atoms with Crippen molar-refractivity contribution in [3.63, 3.8) is 0 Å². The minimum atomic E-state index is 0.706. The highest BCUT2D eigenvalue weighted by Crippen LogP contribution is 2.16. The Kier molecular flexibility index (Phi) is 4.85. The third-order valence-corrected chi connectivity index (χ3v) is 3.72. The maximum absolute atomic E-state index is 5.39. The molecule has 1 N–H and O–H groups in total. The van der Waals surface area contributed by atoms with Crippen molar-refractivity contribution in [1.29, 1.82) is 0 Å². The van der Waals surface area contributed by atoms with E-state index in [-0.39, 0.29) is 0 Å². The standard InChI is InChI=1S/C17H22N4O/c1-14-13-16(21-9-11-22-12-10-21)20-17(19-14)18-8-7-15-5-3-2-4-6-15/h2-6,13H,7-12H2,1H3,(H,18,19,20). The van der Waals surface area contributed by atoms with Crippen molar-refractivity contribution in [1.82, 2.24) is 9.97 Å². The van der Waals surface area contributed by atoms with Crippen LogP contribution >= 0.6 is 0 Å². The molecule has 5 heteroatoms. The highest BCUT2D eigenvalue weighted by atomic mass is 16.5. The van der Waals surface area contributed by atoms with Gasteiger partial charge in [0.05, 0.1) is 13.2 Å². The lowest BCUT2D eigenvalue weighted by Crippen LogP contribution is -2.37. The Bertz CT molecular complexity index is 597. The molecule has 2 heterocycles. The summed E-state index contributed by atoms with van der Waals surface area (Å²) in [6.07, 6.45) is 0.963. The van der Waals surface area contributed by atoms with Gasteiger partial charge in [0.25, 0.3) is 0 Å². The van der Waals surface area contributed by atoms with Crippen molar-refractivity contribution in [3.05, 3.63) is 47.7 Å². The lowest BCUT2D eigenvalue weighted by Gasteiger charge is -2.28. The summed E-state index contributed by atoms with van der Waals surface area (Å²) in [5.74, 6) is 1.69. The lowest BCUT2D eigenvalue weighted by atomic mass is 10.1. The minimum Gasteiger partial charge on any atom is -0.378 e. The second-order valence-corrected chi connectivity index (χ2v) is 5.45. The molecule has 22 heavy (non-hydrogen) atoms. The summed E-state index contributed by atoms with van der Waals surface area (Å²) >= 11 is 0. The van der Waals surface area contributed by atoms with Gasteiger partial charge < -0.3 is 15.0 Å². The molecule has 0 atom stereocenters. The van der Waals surface area contributed by atoms with Gasteiger partial charge in [0.1, 0.15) is 5.82 Å². The maximum Gasteiger partial charge on any atom is 0.224 e. The highest BCUT2D eigenvalue weighted by molar-refractivity contribution is 5.45. The van der Waals surface area contributed by atoms with Gasteiger partial charge in [-0.25, -0.2) is 4.98 Å². The van der Waals surface area contributed by atoms with E-state index in [1.54, 1.807) is 0 Å². The molecule has 0 aliphatic carbocycles. The molecule has 1 saturated heterocycles. The molecule has 0 amide bonds. The van der Waals surface area contributed by atoms with Crippen LogP contribution in [0.25, 0.3) is 0 Å². The minimum absolute atomic E-state index is 0.706. The van der Waals surface area contributed by atoms with Crippen molar-refractivity contribution in [2.45, 2.75) is 13.3 Å². The monoisotopic (exact) mass is 298 g/mol. The predicted octanol–water partition coefficient (Wildman–Crippen LogP) is 2.28. The molecule has 0 saturated carbocycles. The van der Waals surface area contributed by atoms with Crippen molar-refractivity contribution in [3.8, 4) is 0 Å². The molecule has 1 aliphatic rings. The number of hydrogen-bond acceptors (Lipinski definition) is 5. The highest BCUT2D eigenvalue weighted by Gasteiger charge is 2.13. The summed E-state index contributed by atoms with van der Waals surface area (Å²) in [6.45, 7) is 6.14. The Morgan fingerprint density at radius 1 is 1.14 bits per heavy atom. The second kappa shape index (κ2) is 7.22. The molecular formula is C17H22N4O. The number of nitrogens with one attached hydrogen (secondary N) is 1. The first-order valence-corrected chi connectivity index (χ1v) is 7.77. The van der Waals surface area contributed by atoms with Crippen molar-refractivity contribution >= 4 is 11.8 Å². The van der Waals surface area contributed by atoms with Crippen LogP contribution in [-0.2, 0) is 11.2 Å². The van der Waals surface area contributed by atoms with Crippen molar-refractivity contribution < 1.29 is 4.74 Å². The fraction of sp³-hybridized carbons (Fsp3) is 0.412. The molecule has 1 aromatic carbocycles. The first kappa shape index (κ1) is 14.8. The number of hydrogen-bond donors (Lipinski definition) is 1. The normalized spacial score (nSPS) is 14.9. The molecule has 5 nitrogen and oxygen atoms in total. The van der Waals surface area contributed by atoms with Gasteiger partial charge in [-0.1, -0.05) is 30.3 Å². The summed E-state index contributed by atoms with van der Waals surface area (Å²) in [6, 6.07) is 12.5. The van der Waals surface area contributed by atoms with E-state index >= 15 is 0 Å². The van der Waals surface area contributed by atoms with E-state index in [4.69, 9.17) is 4.74 Å². The van der Waals surface area contributed by atoms with Gasteiger partial charge in [-0.2, -0.15) is 4.98 Å². The van der Waals surface area contributed by atoms with Crippen LogP contribution < -0.4 is 10.2 Å². The number of aryl methyl sites for hydroxylation is 1. The zero-order valence-electron chi connectivity index (χ0n) is 13.0. The van der Waals surface area contributed by atoms with Crippen molar-refractivity contribution in [2.75, 3.05) is 43.1 Å². The number of benzene rings is 1. The van der Waals surface area contributed by atoms with Crippen LogP contribution in [0.5, 0.6) is 0 Å². The van der Waals surface area contributed by atoms with E-state index in [0.717, 1.165) is 50.8 Å². The van der Waals surface area contributed by atoms with Gasteiger partial charge in [0.15, 0.2) is 0 Å². The smallest absolute Gasteiger partial charge is 0.224 e. The Balaban J connectivity index is 1.62. The number of aromatic nitrogens is 2. The predicted molar refractivity (Wildman–Crippen MR) is 88.4 cm³/mol. The fourth-order valence-electron chi connectivity index (χ4n) is 2.55.